The first-order chi connectivity index (χ1) is 37.5. The van der Waals surface area contributed by atoms with Crippen molar-refractivity contribution >= 4 is 17.9 Å². The molecule has 0 saturated carbocycles. The molecule has 76 heavy (non-hydrogen) atoms. The van der Waals surface area contributed by atoms with Crippen LogP contribution in [-0.4, -0.2) is 37.2 Å². The summed E-state index contributed by atoms with van der Waals surface area (Å²) in [5, 5.41) is 0. The lowest BCUT2D eigenvalue weighted by molar-refractivity contribution is -0.167. The highest BCUT2D eigenvalue weighted by atomic mass is 16.6. The van der Waals surface area contributed by atoms with Gasteiger partial charge in [-0.1, -0.05) is 271 Å². The quantitative estimate of drug-likeness (QED) is 0.0261. The molecular formula is C70H118O6. The van der Waals surface area contributed by atoms with Gasteiger partial charge in [-0.2, -0.15) is 0 Å². The van der Waals surface area contributed by atoms with Gasteiger partial charge in [-0.25, -0.2) is 0 Å². The van der Waals surface area contributed by atoms with Gasteiger partial charge in [0.2, 0.25) is 0 Å². The fourth-order valence-corrected chi connectivity index (χ4v) is 8.76. The van der Waals surface area contributed by atoms with Gasteiger partial charge in [0, 0.05) is 19.3 Å². The van der Waals surface area contributed by atoms with E-state index in [4.69, 9.17) is 14.2 Å². The topological polar surface area (TPSA) is 78.9 Å². The molecule has 0 aromatic heterocycles. The molecular weight excluding hydrogens is 937 g/mol. The van der Waals surface area contributed by atoms with Crippen LogP contribution in [0.1, 0.15) is 297 Å². The number of hydrogen-bond acceptors (Lipinski definition) is 6. The maximum Gasteiger partial charge on any atom is 0.306 e. The summed E-state index contributed by atoms with van der Waals surface area (Å²) in [5.41, 5.74) is 0. The fraction of sp³-hybridized carbons (Fsp3) is 0.700. The van der Waals surface area contributed by atoms with Crippen molar-refractivity contribution < 1.29 is 28.6 Å². The molecule has 0 heterocycles. The van der Waals surface area contributed by atoms with Crippen molar-refractivity contribution in [2.24, 2.45) is 0 Å². The fourth-order valence-electron chi connectivity index (χ4n) is 8.76. The van der Waals surface area contributed by atoms with Gasteiger partial charge >= 0.3 is 17.9 Å². The first-order valence-electron chi connectivity index (χ1n) is 31.9. The van der Waals surface area contributed by atoms with E-state index in [0.29, 0.717) is 19.3 Å². The molecule has 0 bridgehead atoms. The molecule has 0 saturated heterocycles. The summed E-state index contributed by atoms with van der Waals surface area (Å²) in [7, 11) is 0. The second-order valence-corrected chi connectivity index (χ2v) is 20.9. The first kappa shape index (κ1) is 72.1. The Labute approximate surface area is 470 Å². The average molecular weight is 1060 g/mol. The van der Waals surface area contributed by atoms with E-state index in [1.54, 1.807) is 0 Å². The average Bonchev–Trinajstić information content (AvgIpc) is 3.42. The first-order valence-corrected chi connectivity index (χ1v) is 31.9. The maximum atomic E-state index is 12.9. The van der Waals surface area contributed by atoms with Gasteiger partial charge in [0.05, 0.1) is 0 Å². The van der Waals surface area contributed by atoms with Crippen LogP contribution < -0.4 is 0 Å². The molecule has 0 fully saturated rings. The van der Waals surface area contributed by atoms with E-state index >= 15 is 0 Å². The Morgan fingerprint density at radius 3 is 0.803 bits per heavy atom. The van der Waals surface area contributed by atoms with Crippen molar-refractivity contribution in [3.8, 4) is 0 Å². The number of carbonyl (C=O) groups is 3. The molecule has 0 rings (SSSR count). The zero-order valence-electron chi connectivity index (χ0n) is 49.7. The lowest BCUT2D eigenvalue weighted by atomic mass is 10.0. The minimum atomic E-state index is -0.794. The van der Waals surface area contributed by atoms with Gasteiger partial charge in [-0.05, 0) is 116 Å². The summed E-state index contributed by atoms with van der Waals surface area (Å²) in [6.07, 6.45) is 86.7. The zero-order valence-corrected chi connectivity index (χ0v) is 49.7. The molecule has 0 aromatic rings. The number of esters is 3. The Morgan fingerprint density at radius 2 is 0.513 bits per heavy atom. The van der Waals surface area contributed by atoms with E-state index in [0.717, 1.165) is 148 Å². The summed E-state index contributed by atoms with van der Waals surface area (Å²) in [6.45, 7) is 6.37. The molecule has 1 unspecified atom stereocenters. The van der Waals surface area contributed by atoms with Crippen LogP contribution in [0.4, 0.5) is 0 Å². The molecule has 6 heteroatoms. The summed E-state index contributed by atoms with van der Waals surface area (Å²) in [5.74, 6) is -0.914. The third-order valence-corrected chi connectivity index (χ3v) is 13.5. The number of ether oxygens (including phenoxy) is 3. The highest BCUT2D eigenvalue weighted by Gasteiger charge is 2.19. The van der Waals surface area contributed by atoms with Crippen LogP contribution in [0.5, 0.6) is 0 Å². The van der Waals surface area contributed by atoms with Gasteiger partial charge in [0.1, 0.15) is 13.2 Å². The van der Waals surface area contributed by atoms with Gasteiger partial charge < -0.3 is 14.2 Å². The Hall–Kier alpha value is -3.93. The number of hydrogen-bond donors (Lipinski definition) is 0. The molecule has 0 aliphatic heterocycles. The van der Waals surface area contributed by atoms with E-state index in [9.17, 15) is 14.4 Å². The van der Waals surface area contributed by atoms with Crippen LogP contribution in [0.2, 0.25) is 0 Å². The Morgan fingerprint density at radius 1 is 0.276 bits per heavy atom. The lowest BCUT2D eigenvalue weighted by Crippen LogP contribution is -2.30. The Balaban J connectivity index is 4.25. The predicted octanol–water partition coefficient (Wildman–Crippen LogP) is 21.8. The summed E-state index contributed by atoms with van der Waals surface area (Å²) in [6, 6.07) is 0. The van der Waals surface area contributed by atoms with Crippen LogP contribution in [0, 0.1) is 0 Å². The molecule has 0 radical (unpaired) electrons. The smallest absolute Gasteiger partial charge is 0.306 e. The van der Waals surface area contributed by atoms with Crippen LogP contribution in [0.15, 0.2) is 109 Å². The number of carbonyl (C=O) groups excluding carboxylic acids is 3. The molecule has 0 aliphatic carbocycles. The zero-order chi connectivity index (χ0) is 55.0. The van der Waals surface area contributed by atoms with E-state index in [2.05, 4.69) is 130 Å². The third kappa shape index (κ3) is 60.9. The molecule has 6 nitrogen and oxygen atoms in total. The van der Waals surface area contributed by atoms with Gasteiger partial charge in [0.15, 0.2) is 6.10 Å². The highest BCUT2D eigenvalue weighted by Crippen LogP contribution is 2.16. The van der Waals surface area contributed by atoms with Crippen molar-refractivity contribution in [3.63, 3.8) is 0 Å². The van der Waals surface area contributed by atoms with Crippen molar-refractivity contribution in [2.45, 2.75) is 303 Å². The maximum absolute atomic E-state index is 12.9. The molecule has 434 valence electrons. The second-order valence-electron chi connectivity index (χ2n) is 20.9. The van der Waals surface area contributed by atoms with Crippen molar-refractivity contribution in [1.29, 1.82) is 0 Å². The summed E-state index contributed by atoms with van der Waals surface area (Å²) in [4.78, 5) is 38.3. The second kappa shape index (κ2) is 63.6. The number of rotatable bonds is 57. The minimum Gasteiger partial charge on any atom is -0.462 e. The normalized spacial score (nSPS) is 12.8. The van der Waals surface area contributed by atoms with E-state index in [1.807, 2.05) is 0 Å². The molecule has 0 aromatic carbocycles. The van der Waals surface area contributed by atoms with Gasteiger partial charge in [0.25, 0.3) is 0 Å². The van der Waals surface area contributed by atoms with Crippen molar-refractivity contribution in [3.05, 3.63) is 109 Å². The Bertz CT molecular complexity index is 1540. The number of allylic oxidation sites excluding steroid dienone is 18. The monoisotopic (exact) mass is 1050 g/mol. The molecule has 0 aliphatic rings. The van der Waals surface area contributed by atoms with E-state index < -0.39 is 6.10 Å². The highest BCUT2D eigenvalue weighted by molar-refractivity contribution is 5.71. The van der Waals surface area contributed by atoms with Crippen LogP contribution >= 0.6 is 0 Å². The largest absolute Gasteiger partial charge is 0.462 e. The molecule has 1 atom stereocenters. The SMILES string of the molecule is CC/C=C\C/C=C\C/C=C\C/C=C\CCCCCCCCCCCCCCCCCCC(=O)OCC(COC(=O)CCCCCCC/C=C\C/C=C\CCCC)OC(=O)CCCCCCC/C=C\C/C=C\C/C=C\CC. The summed E-state index contributed by atoms with van der Waals surface area (Å²) < 4.78 is 16.9. The molecule has 0 N–H and O–H groups in total. The van der Waals surface area contributed by atoms with Crippen LogP contribution in [0.25, 0.3) is 0 Å². The van der Waals surface area contributed by atoms with Gasteiger partial charge in [-0.3, -0.25) is 14.4 Å². The predicted molar refractivity (Wildman–Crippen MR) is 330 cm³/mol. The van der Waals surface area contributed by atoms with Crippen LogP contribution in [0.3, 0.4) is 0 Å². The number of unbranched alkanes of at least 4 members (excludes halogenated alkanes) is 28. The van der Waals surface area contributed by atoms with Gasteiger partial charge in [-0.15, -0.1) is 0 Å². The lowest BCUT2D eigenvalue weighted by Gasteiger charge is -2.18. The van der Waals surface area contributed by atoms with Crippen molar-refractivity contribution in [2.75, 3.05) is 13.2 Å². The Kier molecular flexibility index (Phi) is 60.3. The minimum absolute atomic E-state index is 0.0889. The van der Waals surface area contributed by atoms with E-state index in [-0.39, 0.29) is 31.1 Å². The van der Waals surface area contributed by atoms with Crippen LogP contribution in [-0.2, 0) is 28.6 Å². The van der Waals surface area contributed by atoms with Crippen molar-refractivity contribution in [1.82, 2.24) is 0 Å². The standard InChI is InChI=1S/C70H118O6/c1-4-7-10-13-16-19-22-25-28-29-30-31-32-33-34-35-36-37-38-39-40-41-43-45-48-51-54-57-60-63-69(72)75-66-67(65-74-68(71)62-59-56-53-50-47-44-27-24-21-18-15-12-9-6-3)76-70(73)64-61-58-55-52-49-46-42-26-23-20-17-14-11-8-5-2/h7-8,10-11,15-20,24-28,30-31,42,67H,4-6,9,12-14,21-23,29,32-41,43-66H2,1-3H3/b10-7-,11-8-,18-15-,19-16-,20-17-,27-24-,28-25-,31-30-,42-26-. The summed E-state index contributed by atoms with van der Waals surface area (Å²) >= 11 is 0. The molecule has 0 amide bonds. The third-order valence-electron chi connectivity index (χ3n) is 13.5. The van der Waals surface area contributed by atoms with E-state index in [1.165, 1.54) is 109 Å². The molecule has 0 spiro atoms.